The summed E-state index contributed by atoms with van der Waals surface area (Å²) >= 11 is 1.80. The number of amides is 1. The first-order valence-corrected chi connectivity index (χ1v) is 25.8. The molecule has 0 fully saturated rings. The number of carbonyl (C=O) groups is 2. The van der Waals surface area contributed by atoms with E-state index in [1.807, 2.05) is 59.5 Å². The Balaban J connectivity index is 1.00. The summed E-state index contributed by atoms with van der Waals surface area (Å²) in [6, 6.07) is 29.3. The number of carbonyl (C=O) groups excluding carboxylic acids is 2. The van der Waals surface area contributed by atoms with Crippen molar-refractivity contribution in [2.75, 3.05) is 102 Å². The maximum Gasteiger partial charge on any atom is 0.305 e. The predicted octanol–water partition coefficient (Wildman–Crippen LogP) is 8.02. The number of nitrogens with zero attached hydrogens (tertiary/aromatic N) is 4. The SMILES string of the molecule is COCCOCCOCCN(C[C@H](C)SCCCC(=O)OC)c1cc(COc2cc3c(cc2OC)C(=O)N2c4ccccc4C[C@H]2CN3)cc(COc2cc3nc4n(c(=O)c3cc2OC)-c2ccccc2C4)c1. The van der Waals surface area contributed by atoms with Gasteiger partial charge in [-0.2, -0.15) is 11.8 Å². The Morgan fingerprint density at radius 3 is 2.22 bits per heavy atom. The zero-order chi connectivity index (χ0) is 50.8. The number of aromatic nitrogens is 2. The first kappa shape index (κ1) is 51.1. The molecule has 4 heterocycles. The van der Waals surface area contributed by atoms with Crippen LogP contribution in [0.4, 0.5) is 17.1 Å². The van der Waals surface area contributed by atoms with E-state index in [-0.39, 0.29) is 41.9 Å². The smallest absolute Gasteiger partial charge is 0.305 e. The molecule has 16 nitrogen and oxygen atoms in total. The molecule has 1 N–H and O–H groups in total. The minimum absolute atomic E-state index is 0.0211. The lowest BCUT2D eigenvalue weighted by Gasteiger charge is -2.29. The van der Waals surface area contributed by atoms with Crippen molar-refractivity contribution in [3.63, 3.8) is 0 Å². The summed E-state index contributed by atoms with van der Waals surface area (Å²) < 4.78 is 48.4. The highest BCUT2D eigenvalue weighted by Gasteiger charge is 2.38. The predicted molar refractivity (Wildman–Crippen MR) is 283 cm³/mol. The van der Waals surface area contributed by atoms with Gasteiger partial charge in [-0.3, -0.25) is 19.0 Å². The van der Waals surface area contributed by atoms with Gasteiger partial charge in [0.2, 0.25) is 0 Å². The van der Waals surface area contributed by atoms with Crippen molar-refractivity contribution in [2.45, 2.75) is 57.1 Å². The number of thioether (sulfide) groups is 1. The van der Waals surface area contributed by atoms with E-state index in [0.717, 1.165) is 51.5 Å². The minimum atomic E-state index is -0.215. The number of methoxy groups -OCH3 is 4. The van der Waals surface area contributed by atoms with Crippen LogP contribution in [0.2, 0.25) is 0 Å². The normalized spacial score (nSPS) is 14.6. The van der Waals surface area contributed by atoms with E-state index >= 15 is 0 Å². The summed E-state index contributed by atoms with van der Waals surface area (Å²) in [5.41, 5.74) is 8.18. The quantitative estimate of drug-likeness (QED) is 0.0433. The van der Waals surface area contributed by atoms with Crippen LogP contribution in [0.15, 0.2) is 95.8 Å². The fourth-order valence-corrected chi connectivity index (χ4v) is 10.7. The van der Waals surface area contributed by atoms with Crippen molar-refractivity contribution < 1.29 is 47.5 Å². The number of hydrogen-bond donors (Lipinski definition) is 1. The van der Waals surface area contributed by atoms with E-state index in [1.54, 1.807) is 55.9 Å². The maximum absolute atomic E-state index is 14.2. The molecule has 1 amide bonds. The Morgan fingerprint density at radius 1 is 0.795 bits per heavy atom. The van der Waals surface area contributed by atoms with Gasteiger partial charge < -0.3 is 53.0 Å². The van der Waals surface area contributed by atoms with Crippen molar-refractivity contribution in [1.29, 1.82) is 0 Å². The van der Waals surface area contributed by atoms with E-state index in [4.69, 9.17) is 42.9 Å². The lowest BCUT2D eigenvalue weighted by Crippen LogP contribution is -2.39. The van der Waals surface area contributed by atoms with Gasteiger partial charge in [-0.25, -0.2) is 4.98 Å². The third kappa shape index (κ3) is 11.7. The lowest BCUT2D eigenvalue weighted by atomic mass is 10.1. The number of esters is 1. The van der Waals surface area contributed by atoms with Crippen LogP contribution >= 0.6 is 11.8 Å². The summed E-state index contributed by atoms with van der Waals surface area (Å²) in [6.45, 7) is 6.66. The molecule has 73 heavy (non-hydrogen) atoms. The number of para-hydroxylation sites is 2. The van der Waals surface area contributed by atoms with Gasteiger partial charge in [-0.1, -0.05) is 43.3 Å². The van der Waals surface area contributed by atoms with Crippen LogP contribution in [0.5, 0.6) is 23.0 Å². The fraction of sp³-hybridized carbons (Fsp3) is 0.393. The summed E-state index contributed by atoms with van der Waals surface area (Å²) in [6.07, 6.45) is 2.40. The zero-order valence-electron chi connectivity index (χ0n) is 42.1. The molecule has 1 aromatic heterocycles. The van der Waals surface area contributed by atoms with Crippen LogP contribution in [0.25, 0.3) is 16.6 Å². The molecule has 384 valence electrons. The molecule has 0 saturated heterocycles. The molecular weight excluding hydrogens is 951 g/mol. The highest BCUT2D eigenvalue weighted by Crippen LogP contribution is 2.41. The van der Waals surface area contributed by atoms with Gasteiger partial charge in [0, 0.05) is 68.3 Å². The summed E-state index contributed by atoms with van der Waals surface area (Å²) in [4.78, 5) is 49.2. The van der Waals surface area contributed by atoms with Crippen LogP contribution in [-0.4, -0.2) is 120 Å². The molecule has 5 aromatic carbocycles. The van der Waals surface area contributed by atoms with E-state index in [0.29, 0.717) is 123 Å². The van der Waals surface area contributed by atoms with Gasteiger partial charge in [-0.05, 0) is 83.3 Å². The van der Waals surface area contributed by atoms with E-state index in [9.17, 15) is 14.4 Å². The maximum atomic E-state index is 14.2. The molecule has 3 aliphatic rings. The Labute approximate surface area is 429 Å². The third-order valence-corrected chi connectivity index (χ3v) is 14.5. The highest BCUT2D eigenvalue weighted by atomic mass is 32.2. The van der Waals surface area contributed by atoms with E-state index in [2.05, 4.69) is 35.3 Å². The summed E-state index contributed by atoms with van der Waals surface area (Å²) in [5, 5.41) is 4.16. The van der Waals surface area contributed by atoms with E-state index in [1.165, 1.54) is 7.11 Å². The first-order chi connectivity index (χ1) is 35.7. The molecule has 0 unspecified atom stereocenters. The number of anilines is 3. The molecule has 2 atom stereocenters. The molecule has 0 saturated carbocycles. The highest BCUT2D eigenvalue weighted by molar-refractivity contribution is 7.99. The number of nitrogens with one attached hydrogen (secondary N) is 1. The van der Waals surface area contributed by atoms with Crippen LogP contribution in [0, 0.1) is 0 Å². The summed E-state index contributed by atoms with van der Waals surface area (Å²) in [5.74, 6) is 2.95. The molecule has 3 aliphatic heterocycles. The van der Waals surface area contributed by atoms with Crippen LogP contribution in [0.3, 0.4) is 0 Å². The Bertz CT molecular complexity index is 3000. The molecule has 6 aromatic rings. The van der Waals surface area contributed by atoms with Gasteiger partial charge >= 0.3 is 5.97 Å². The monoisotopic (exact) mass is 1010 g/mol. The number of ether oxygens (including phenoxy) is 8. The van der Waals surface area contributed by atoms with E-state index < -0.39 is 0 Å². The number of fused-ring (bicyclic) bond motifs is 8. The van der Waals surface area contributed by atoms with Crippen LogP contribution < -0.4 is 39.6 Å². The average Bonchev–Trinajstić information content (AvgIpc) is 3.94. The van der Waals surface area contributed by atoms with Gasteiger partial charge in [0.25, 0.3) is 11.5 Å². The average molecular weight is 1010 g/mol. The molecule has 0 spiro atoms. The van der Waals surface area contributed by atoms with Crippen molar-refractivity contribution in [2.24, 2.45) is 0 Å². The van der Waals surface area contributed by atoms with Gasteiger partial charge in [0.15, 0.2) is 23.0 Å². The second-order valence-electron chi connectivity index (χ2n) is 18.2. The Morgan fingerprint density at radius 2 is 1.48 bits per heavy atom. The second-order valence-corrected chi connectivity index (χ2v) is 19.7. The largest absolute Gasteiger partial charge is 0.493 e. The lowest BCUT2D eigenvalue weighted by molar-refractivity contribution is -0.140. The second kappa shape index (κ2) is 23.8. The zero-order valence-corrected chi connectivity index (χ0v) is 42.9. The van der Waals surface area contributed by atoms with Gasteiger partial charge in [0.1, 0.15) is 19.0 Å². The molecular formula is C56H63N5O11S. The Kier molecular flexibility index (Phi) is 16.7. The van der Waals surface area contributed by atoms with Crippen LogP contribution in [-0.2, 0) is 49.8 Å². The number of hydrogen-bond acceptors (Lipinski definition) is 15. The number of benzene rings is 5. The van der Waals surface area contributed by atoms with Crippen molar-refractivity contribution in [3.05, 3.63) is 135 Å². The number of rotatable bonds is 25. The molecule has 0 bridgehead atoms. The standard InChI is InChI=1S/C56H63N5O11S/c1-36(73-22-10-15-54(62)68-5)33-59(16-17-69-20-21-70-19-18-65-2)41-24-37(34-71-51-30-45-43(28-49(51)66-3)55(63)60-42(32-57-45)26-39-11-6-8-13-47(39)60)23-38(25-41)35-72-52-31-46-44(29-50(52)67-4)56(64)61-48-14-9-7-12-40(48)27-53(61)58-46/h6-9,11-14,23-25,28-31,36,42,57H,10,15-22,26-27,32-35H2,1-5H3/t36-,42-/m0/s1. The fourth-order valence-electron chi connectivity index (χ4n) is 9.69. The van der Waals surface area contributed by atoms with Crippen molar-refractivity contribution in [3.8, 4) is 28.7 Å². The first-order valence-electron chi connectivity index (χ1n) is 24.7. The molecule has 0 aliphatic carbocycles. The Hall–Kier alpha value is -6.79. The minimum Gasteiger partial charge on any atom is -0.493 e. The van der Waals surface area contributed by atoms with Gasteiger partial charge in [-0.15, -0.1) is 0 Å². The van der Waals surface area contributed by atoms with Crippen LogP contribution in [0.1, 0.15) is 58.2 Å². The van der Waals surface area contributed by atoms with Crippen molar-refractivity contribution in [1.82, 2.24) is 9.55 Å². The summed E-state index contributed by atoms with van der Waals surface area (Å²) in [7, 11) is 6.19. The molecule has 9 rings (SSSR count). The van der Waals surface area contributed by atoms with Crippen molar-refractivity contribution >= 4 is 51.6 Å². The van der Waals surface area contributed by atoms with Gasteiger partial charge in [0.05, 0.1) is 88.2 Å². The molecule has 0 radical (unpaired) electrons. The molecule has 17 heteroatoms. The topological polar surface area (TPSA) is 161 Å². The third-order valence-electron chi connectivity index (χ3n) is 13.3.